The van der Waals surface area contributed by atoms with Crippen LogP contribution in [-0.2, 0) is 4.79 Å². The van der Waals surface area contributed by atoms with Crippen molar-refractivity contribution in [2.45, 2.75) is 33.2 Å². The molecule has 0 radical (unpaired) electrons. The molecule has 1 heterocycles. The molecule has 0 aliphatic heterocycles. The molecule has 1 aromatic heterocycles. The maximum atomic E-state index is 12.2. The molecule has 0 saturated carbocycles. The number of nitrogens with two attached hydrogens (primary N) is 1. The van der Waals surface area contributed by atoms with Crippen LogP contribution in [0.2, 0.25) is 0 Å². The minimum atomic E-state index is -0.560. The van der Waals surface area contributed by atoms with E-state index in [2.05, 4.69) is 31.1 Å². The van der Waals surface area contributed by atoms with Gasteiger partial charge >= 0.3 is 0 Å². The summed E-state index contributed by atoms with van der Waals surface area (Å²) in [6, 6.07) is 4.77. The number of hydrogen-bond acceptors (Lipinski definition) is 5. The summed E-state index contributed by atoms with van der Waals surface area (Å²) >= 11 is 0. The second-order valence-corrected chi connectivity index (χ2v) is 6.64. The quantitative estimate of drug-likeness (QED) is 0.884. The van der Waals surface area contributed by atoms with Gasteiger partial charge in [0.1, 0.15) is 5.75 Å². The lowest BCUT2D eigenvalue weighted by atomic mass is 9.88. The summed E-state index contributed by atoms with van der Waals surface area (Å²) < 4.78 is 10.6. The fraction of sp³-hybridized carbons (Fsp3) is 0.412. The Morgan fingerprint density at radius 1 is 1.43 bits per heavy atom. The molecule has 0 aliphatic rings. The minimum Gasteiger partial charge on any atom is -0.496 e. The van der Waals surface area contributed by atoms with Crippen LogP contribution in [0, 0.1) is 5.41 Å². The second kappa shape index (κ2) is 6.83. The molecule has 1 amide bonds. The zero-order valence-electron chi connectivity index (χ0n) is 13.9. The van der Waals surface area contributed by atoms with Gasteiger partial charge in [0.2, 0.25) is 5.91 Å². The number of nitrogens with one attached hydrogen (secondary N) is 1. The van der Waals surface area contributed by atoms with Gasteiger partial charge in [0.15, 0.2) is 12.2 Å². The van der Waals surface area contributed by atoms with Gasteiger partial charge in [-0.3, -0.25) is 4.79 Å². The molecule has 124 valence electrons. The number of anilines is 1. The van der Waals surface area contributed by atoms with Crippen molar-refractivity contribution in [2.75, 3.05) is 12.4 Å². The summed E-state index contributed by atoms with van der Waals surface area (Å²) in [5, 5.41) is 2.82. The number of oxazole rings is 1. The monoisotopic (exact) mass is 317 g/mol. The van der Waals surface area contributed by atoms with Crippen LogP contribution in [0.25, 0.3) is 11.3 Å². The normalized spacial score (nSPS) is 12.7. The van der Waals surface area contributed by atoms with E-state index in [1.54, 1.807) is 25.4 Å². The van der Waals surface area contributed by atoms with E-state index in [9.17, 15) is 4.79 Å². The highest BCUT2D eigenvalue weighted by Gasteiger charge is 2.21. The molecule has 3 N–H and O–H groups in total. The van der Waals surface area contributed by atoms with Crippen LogP contribution >= 0.6 is 0 Å². The highest BCUT2D eigenvalue weighted by molar-refractivity contribution is 5.95. The fourth-order valence-corrected chi connectivity index (χ4v) is 2.31. The third kappa shape index (κ3) is 4.56. The molecule has 0 unspecified atom stereocenters. The van der Waals surface area contributed by atoms with Gasteiger partial charge in [-0.2, -0.15) is 0 Å². The average Bonchev–Trinajstić information content (AvgIpc) is 2.99. The number of carbonyl (C=O) groups excluding carboxylic acids is 1. The van der Waals surface area contributed by atoms with Crippen LogP contribution in [0.15, 0.2) is 35.2 Å². The van der Waals surface area contributed by atoms with E-state index in [4.69, 9.17) is 14.9 Å². The van der Waals surface area contributed by atoms with Crippen molar-refractivity contribution < 1.29 is 13.9 Å². The molecular formula is C17H23N3O3. The summed E-state index contributed by atoms with van der Waals surface area (Å²) in [6.07, 6.45) is 3.57. The Bertz CT molecular complexity index is 660. The summed E-state index contributed by atoms with van der Waals surface area (Å²) in [7, 11) is 1.56. The molecule has 23 heavy (non-hydrogen) atoms. The number of aromatic nitrogens is 1. The maximum Gasteiger partial charge on any atom is 0.241 e. The predicted molar refractivity (Wildman–Crippen MR) is 89.2 cm³/mol. The molecule has 2 aromatic rings. The lowest BCUT2D eigenvalue weighted by Crippen LogP contribution is -2.38. The van der Waals surface area contributed by atoms with E-state index >= 15 is 0 Å². The summed E-state index contributed by atoms with van der Waals surface area (Å²) in [5.41, 5.74) is 7.34. The third-order valence-electron chi connectivity index (χ3n) is 3.34. The Hall–Kier alpha value is -2.34. The number of hydrogen-bond donors (Lipinski definition) is 2. The van der Waals surface area contributed by atoms with Crippen molar-refractivity contribution in [3.05, 3.63) is 30.8 Å². The standard InChI is InChI=1S/C17H23N3O3/c1-17(2,3)8-13(18)16(21)20-11-5-6-12(14(7-11)22-4)15-9-19-10-23-15/h5-7,9-10,13H,8,18H2,1-4H3,(H,20,21)/t13-/m1/s1. The van der Waals surface area contributed by atoms with Crippen LogP contribution in [0.5, 0.6) is 5.75 Å². The van der Waals surface area contributed by atoms with E-state index in [1.807, 2.05) is 6.07 Å². The molecule has 6 heteroatoms. The molecule has 1 atom stereocenters. The summed E-state index contributed by atoms with van der Waals surface area (Å²) in [4.78, 5) is 16.1. The van der Waals surface area contributed by atoms with Gasteiger partial charge in [0, 0.05) is 11.8 Å². The first-order chi connectivity index (χ1) is 10.8. The van der Waals surface area contributed by atoms with E-state index < -0.39 is 6.04 Å². The van der Waals surface area contributed by atoms with Gasteiger partial charge in [0.05, 0.1) is 24.9 Å². The van der Waals surface area contributed by atoms with Crippen molar-refractivity contribution in [3.8, 4) is 17.1 Å². The molecule has 2 rings (SSSR count). The van der Waals surface area contributed by atoms with Crippen LogP contribution in [0.3, 0.4) is 0 Å². The van der Waals surface area contributed by atoms with Gasteiger partial charge in [-0.25, -0.2) is 4.98 Å². The van der Waals surface area contributed by atoms with E-state index in [-0.39, 0.29) is 11.3 Å². The maximum absolute atomic E-state index is 12.2. The number of amides is 1. The third-order valence-corrected chi connectivity index (χ3v) is 3.34. The van der Waals surface area contributed by atoms with E-state index in [0.29, 0.717) is 23.6 Å². The largest absolute Gasteiger partial charge is 0.496 e. The predicted octanol–water partition coefficient (Wildman–Crippen LogP) is 3.05. The summed E-state index contributed by atoms with van der Waals surface area (Å²) in [6.45, 7) is 6.15. The van der Waals surface area contributed by atoms with Gasteiger partial charge in [0.25, 0.3) is 0 Å². The highest BCUT2D eigenvalue weighted by Crippen LogP contribution is 2.32. The number of carbonyl (C=O) groups is 1. The van der Waals surface area contributed by atoms with Gasteiger partial charge in [-0.1, -0.05) is 20.8 Å². The number of ether oxygens (including phenoxy) is 1. The number of nitrogens with zero attached hydrogens (tertiary/aromatic N) is 1. The first kappa shape index (κ1) is 17.0. The Morgan fingerprint density at radius 3 is 2.74 bits per heavy atom. The zero-order chi connectivity index (χ0) is 17.0. The number of methoxy groups -OCH3 is 1. The molecule has 0 saturated heterocycles. The molecule has 0 bridgehead atoms. The van der Waals surface area contributed by atoms with Crippen LogP contribution < -0.4 is 15.8 Å². The lowest BCUT2D eigenvalue weighted by Gasteiger charge is -2.22. The molecular weight excluding hydrogens is 294 g/mol. The Morgan fingerprint density at radius 2 is 2.17 bits per heavy atom. The first-order valence-corrected chi connectivity index (χ1v) is 7.43. The Kier molecular flexibility index (Phi) is 5.05. The number of rotatable bonds is 5. The van der Waals surface area contributed by atoms with Gasteiger partial charge in [-0.15, -0.1) is 0 Å². The van der Waals surface area contributed by atoms with Crippen molar-refractivity contribution in [1.29, 1.82) is 0 Å². The average molecular weight is 317 g/mol. The molecule has 6 nitrogen and oxygen atoms in total. The van der Waals surface area contributed by atoms with Crippen LogP contribution in [0.1, 0.15) is 27.2 Å². The topological polar surface area (TPSA) is 90.4 Å². The zero-order valence-corrected chi connectivity index (χ0v) is 13.9. The summed E-state index contributed by atoms with van der Waals surface area (Å²) in [5.74, 6) is 0.975. The Balaban J connectivity index is 2.14. The molecule has 0 aliphatic carbocycles. The van der Waals surface area contributed by atoms with Gasteiger partial charge < -0.3 is 20.2 Å². The Labute approximate surface area is 136 Å². The second-order valence-electron chi connectivity index (χ2n) is 6.64. The molecule has 0 fully saturated rings. The number of benzene rings is 1. The SMILES string of the molecule is COc1cc(NC(=O)[C@H](N)CC(C)(C)C)ccc1-c1cnco1. The highest BCUT2D eigenvalue weighted by atomic mass is 16.5. The molecule has 1 aromatic carbocycles. The first-order valence-electron chi connectivity index (χ1n) is 7.43. The minimum absolute atomic E-state index is 0.00933. The van der Waals surface area contributed by atoms with Crippen molar-refractivity contribution >= 4 is 11.6 Å². The van der Waals surface area contributed by atoms with Gasteiger partial charge in [-0.05, 0) is 24.0 Å². The van der Waals surface area contributed by atoms with Crippen molar-refractivity contribution in [2.24, 2.45) is 11.1 Å². The lowest BCUT2D eigenvalue weighted by molar-refractivity contribution is -0.118. The fourth-order valence-electron chi connectivity index (χ4n) is 2.31. The van der Waals surface area contributed by atoms with E-state index in [1.165, 1.54) is 6.39 Å². The van der Waals surface area contributed by atoms with Crippen molar-refractivity contribution in [1.82, 2.24) is 4.98 Å². The smallest absolute Gasteiger partial charge is 0.241 e. The van der Waals surface area contributed by atoms with Crippen LogP contribution in [-0.4, -0.2) is 24.0 Å². The van der Waals surface area contributed by atoms with Crippen molar-refractivity contribution in [3.63, 3.8) is 0 Å². The molecule has 0 spiro atoms. The van der Waals surface area contributed by atoms with Crippen LogP contribution in [0.4, 0.5) is 5.69 Å². The van der Waals surface area contributed by atoms with E-state index in [0.717, 1.165) is 5.56 Å².